The largest absolute Gasteiger partial charge is 0.434 e. The number of nitrogens with zero attached hydrogens (tertiary/aromatic N) is 1. The quantitative estimate of drug-likeness (QED) is 0.807. The summed E-state index contributed by atoms with van der Waals surface area (Å²) >= 11 is 0. The molecule has 0 spiro atoms. The topological polar surface area (TPSA) is 58.9 Å². The van der Waals surface area contributed by atoms with Crippen molar-refractivity contribution in [3.63, 3.8) is 0 Å². The predicted octanol–water partition coefficient (Wildman–Crippen LogP) is 1.57. The van der Waals surface area contributed by atoms with Crippen LogP contribution in [-0.2, 0) is 6.42 Å². The number of hydrogen-bond donors (Lipinski definition) is 1. The van der Waals surface area contributed by atoms with Gasteiger partial charge in [0, 0.05) is 0 Å². The fourth-order valence-corrected chi connectivity index (χ4v) is 1.42. The maximum absolute atomic E-state index is 10.7. The molecule has 15 heavy (non-hydrogen) atoms. The second-order valence-corrected chi connectivity index (χ2v) is 3.60. The standard InChI is InChI=1S/C11H12N2O2/c1-7-3-4-9(5-8(7)2)6-10-12-13-11(14)15-10/h3-5H,6H2,1-2H3,(H,13,14). The van der Waals surface area contributed by atoms with E-state index in [1.54, 1.807) is 0 Å². The summed E-state index contributed by atoms with van der Waals surface area (Å²) in [5, 5.41) is 6.00. The fourth-order valence-electron chi connectivity index (χ4n) is 1.42. The third-order valence-electron chi connectivity index (χ3n) is 2.41. The number of aromatic amines is 1. The van der Waals surface area contributed by atoms with E-state index in [4.69, 9.17) is 4.42 Å². The lowest BCUT2D eigenvalue weighted by molar-refractivity contribution is 0.471. The van der Waals surface area contributed by atoms with Crippen LogP contribution in [0.5, 0.6) is 0 Å². The minimum Gasteiger partial charge on any atom is -0.392 e. The molecule has 0 aliphatic heterocycles. The number of benzene rings is 1. The van der Waals surface area contributed by atoms with Crippen molar-refractivity contribution in [3.8, 4) is 0 Å². The van der Waals surface area contributed by atoms with Gasteiger partial charge in [-0.05, 0) is 30.5 Å². The highest BCUT2D eigenvalue weighted by molar-refractivity contribution is 5.30. The van der Waals surface area contributed by atoms with E-state index in [1.165, 1.54) is 11.1 Å². The lowest BCUT2D eigenvalue weighted by Gasteiger charge is -2.02. The average molecular weight is 204 g/mol. The van der Waals surface area contributed by atoms with Gasteiger partial charge in [-0.25, -0.2) is 9.89 Å². The van der Waals surface area contributed by atoms with Crippen LogP contribution in [0.2, 0.25) is 0 Å². The van der Waals surface area contributed by atoms with Gasteiger partial charge in [-0.15, -0.1) is 5.10 Å². The Hall–Kier alpha value is -1.84. The molecular formula is C11H12N2O2. The average Bonchev–Trinajstić information content (AvgIpc) is 2.58. The molecule has 0 radical (unpaired) electrons. The lowest BCUT2D eigenvalue weighted by Crippen LogP contribution is -1.94. The molecule has 0 saturated heterocycles. The van der Waals surface area contributed by atoms with Gasteiger partial charge in [0.05, 0.1) is 6.42 Å². The van der Waals surface area contributed by atoms with Crippen molar-refractivity contribution in [2.45, 2.75) is 20.3 Å². The van der Waals surface area contributed by atoms with Crippen molar-refractivity contribution in [3.05, 3.63) is 51.3 Å². The van der Waals surface area contributed by atoms with Crippen LogP contribution in [0.4, 0.5) is 0 Å². The van der Waals surface area contributed by atoms with E-state index >= 15 is 0 Å². The maximum Gasteiger partial charge on any atom is 0.434 e. The molecule has 0 amide bonds. The van der Waals surface area contributed by atoms with E-state index in [1.807, 2.05) is 6.07 Å². The highest BCUT2D eigenvalue weighted by atomic mass is 16.4. The first kappa shape index (κ1) is 9.71. The van der Waals surface area contributed by atoms with Crippen LogP contribution < -0.4 is 5.76 Å². The molecule has 0 atom stereocenters. The summed E-state index contributed by atoms with van der Waals surface area (Å²) in [6.07, 6.45) is 0.542. The Labute approximate surface area is 86.9 Å². The number of hydrogen-bond acceptors (Lipinski definition) is 3. The molecule has 4 nitrogen and oxygen atoms in total. The fraction of sp³-hybridized carbons (Fsp3) is 0.273. The maximum atomic E-state index is 10.7. The van der Waals surface area contributed by atoms with E-state index in [0.717, 1.165) is 5.56 Å². The molecule has 2 rings (SSSR count). The summed E-state index contributed by atoms with van der Waals surface area (Å²) in [5.41, 5.74) is 3.57. The van der Waals surface area contributed by atoms with Gasteiger partial charge < -0.3 is 4.42 Å². The van der Waals surface area contributed by atoms with E-state index < -0.39 is 5.76 Å². The van der Waals surface area contributed by atoms with Crippen LogP contribution in [0.25, 0.3) is 0 Å². The Kier molecular flexibility index (Phi) is 2.41. The minimum absolute atomic E-state index is 0.420. The molecule has 78 valence electrons. The van der Waals surface area contributed by atoms with Gasteiger partial charge in [0.15, 0.2) is 0 Å². The van der Waals surface area contributed by atoms with Crippen LogP contribution in [0, 0.1) is 13.8 Å². The summed E-state index contributed by atoms with van der Waals surface area (Å²) in [7, 11) is 0. The molecule has 1 aromatic carbocycles. The smallest absolute Gasteiger partial charge is 0.392 e. The van der Waals surface area contributed by atoms with E-state index in [2.05, 4.69) is 36.2 Å². The first-order chi connectivity index (χ1) is 7.15. The van der Waals surface area contributed by atoms with Gasteiger partial charge in [-0.3, -0.25) is 0 Å². The Morgan fingerprint density at radius 3 is 2.73 bits per heavy atom. The highest BCUT2D eigenvalue weighted by Gasteiger charge is 2.03. The molecule has 0 aliphatic carbocycles. The number of rotatable bonds is 2. The Balaban J connectivity index is 2.24. The van der Waals surface area contributed by atoms with Gasteiger partial charge in [-0.2, -0.15) is 0 Å². The van der Waals surface area contributed by atoms with Gasteiger partial charge >= 0.3 is 5.76 Å². The molecule has 2 aromatic rings. The molecular weight excluding hydrogens is 192 g/mol. The monoisotopic (exact) mass is 204 g/mol. The molecule has 0 saturated carbocycles. The van der Waals surface area contributed by atoms with Crippen molar-refractivity contribution in [1.82, 2.24) is 10.2 Å². The summed E-state index contributed by atoms with van der Waals surface area (Å²) in [6, 6.07) is 6.14. The van der Waals surface area contributed by atoms with Gasteiger partial charge in [0.1, 0.15) is 0 Å². The van der Waals surface area contributed by atoms with E-state index in [-0.39, 0.29) is 0 Å². The Morgan fingerprint density at radius 1 is 1.33 bits per heavy atom. The summed E-state index contributed by atoms with van der Waals surface area (Å²) in [5.74, 6) is -0.0860. The molecule has 0 bridgehead atoms. The second-order valence-electron chi connectivity index (χ2n) is 3.60. The molecule has 0 aliphatic rings. The zero-order valence-corrected chi connectivity index (χ0v) is 8.70. The normalized spacial score (nSPS) is 10.5. The molecule has 0 fully saturated rings. The van der Waals surface area contributed by atoms with Crippen molar-refractivity contribution in [2.24, 2.45) is 0 Å². The van der Waals surface area contributed by atoms with Crippen LogP contribution in [0.15, 0.2) is 27.4 Å². The molecule has 1 aromatic heterocycles. The lowest BCUT2D eigenvalue weighted by atomic mass is 10.0. The molecule has 0 unspecified atom stereocenters. The van der Waals surface area contributed by atoms with Gasteiger partial charge in [0.2, 0.25) is 5.89 Å². The van der Waals surface area contributed by atoms with Crippen molar-refractivity contribution in [2.75, 3.05) is 0 Å². The highest BCUT2D eigenvalue weighted by Crippen LogP contribution is 2.12. The van der Waals surface area contributed by atoms with Crippen LogP contribution in [-0.4, -0.2) is 10.2 Å². The van der Waals surface area contributed by atoms with E-state index in [9.17, 15) is 4.79 Å². The minimum atomic E-state index is -0.506. The SMILES string of the molecule is Cc1ccc(Cc2n[nH]c(=O)o2)cc1C. The third-order valence-corrected chi connectivity index (χ3v) is 2.41. The molecule has 4 heteroatoms. The Bertz CT molecular complexity index is 525. The second kappa shape index (κ2) is 3.73. The predicted molar refractivity (Wildman–Crippen MR) is 55.8 cm³/mol. The van der Waals surface area contributed by atoms with Crippen molar-refractivity contribution < 1.29 is 4.42 Å². The van der Waals surface area contributed by atoms with Crippen molar-refractivity contribution >= 4 is 0 Å². The van der Waals surface area contributed by atoms with Gasteiger partial charge in [-0.1, -0.05) is 18.2 Å². The van der Waals surface area contributed by atoms with Crippen molar-refractivity contribution in [1.29, 1.82) is 0 Å². The number of H-pyrrole nitrogens is 1. The first-order valence-electron chi connectivity index (χ1n) is 4.75. The summed E-state index contributed by atoms with van der Waals surface area (Å²) in [4.78, 5) is 10.7. The first-order valence-corrected chi connectivity index (χ1v) is 4.75. The zero-order valence-electron chi connectivity index (χ0n) is 8.70. The molecule has 1 heterocycles. The van der Waals surface area contributed by atoms with Crippen LogP contribution in [0.1, 0.15) is 22.6 Å². The third kappa shape index (κ3) is 2.15. The molecule has 1 N–H and O–H groups in total. The number of aromatic nitrogens is 2. The summed E-state index contributed by atoms with van der Waals surface area (Å²) < 4.78 is 4.84. The zero-order chi connectivity index (χ0) is 10.8. The van der Waals surface area contributed by atoms with Crippen LogP contribution in [0.3, 0.4) is 0 Å². The van der Waals surface area contributed by atoms with Gasteiger partial charge in [0.25, 0.3) is 0 Å². The Morgan fingerprint density at radius 2 is 2.13 bits per heavy atom. The number of aryl methyl sites for hydroxylation is 2. The summed E-state index contributed by atoms with van der Waals surface area (Å²) in [6.45, 7) is 4.12. The number of nitrogens with one attached hydrogen (secondary N) is 1. The van der Waals surface area contributed by atoms with E-state index in [0.29, 0.717) is 12.3 Å². The van der Waals surface area contributed by atoms with Crippen LogP contribution >= 0.6 is 0 Å².